The summed E-state index contributed by atoms with van der Waals surface area (Å²) >= 11 is 0. The molecule has 1 amide bonds. The lowest BCUT2D eigenvalue weighted by Crippen LogP contribution is -2.42. The molecule has 1 aromatic carbocycles. The van der Waals surface area contributed by atoms with Crippen molar-refractivity contribution < 1.29 is 24.2 Å². The molecule has 2 atom stereocenters. The summed E-state index contributed by atoms with van der Waals surface area (Å²) in [5.74, 6) is -0.412. The van der Waals surface area contributed by atoms with Gasteiger partial charge in [0.25, 0.3) is 5.91 Å². The van der Waals surface area contributed by atoms with E-state index in [0.29, 0.717) is 16.9 Å². The molecule has 1 aliphatic heterocycles. The maximum absolute atomic E-state index is 12.2. The molecule has 0 bridgehead atoms. The highest BCUT2D eigenvalue weighted by atomic mass is 16.5. The SMILES string of the molecule is CC(=O)Oc1cccc(C(=O)N[C@H]2COC[C@@H]2O)c1C. The minimum Gasteiger partial charge on any atom is -0.426 e. The molecule has 20 heavy (non-hydrogen) atoms. The number of nitrogens with one attached hydrogen (secondary N) is 1. The van der Waals surface area contributed by atoms with Crippen molar-refractivity contribution in [1.29, 1.82) is 0 Å². The van der Waals surface area contributed by atoms with Crippen LogP contribution < -0.4 is 10.1 Å². The summed E-state index contributed by atoms with van der Waals surface area (Å²) in [4.78, 5) is 23.2. The van der Waals surface area contributed by atoms with Crippen molar-refractivity contribution >= 4 is 11.9 Å². The van der Waals surface area contributed by atoms with E-state index >= 15 is 0 Å². The lowest BCUT2D eigenvalue weighted by atomic mass is 10.1. The van der Waals surface area contributed by atoms with E-state index in [2.05, 4.69) is 5.32 Å². The van der Waals surface area contributed by atoms with Gasteiger partial charge in [-0.2, -0.15) is 0 Å². The molecule has 0 aliphatic carbocycles. The minimum atomic E-state index is -0.698. The highest BCUT2D eigenvalue weighted by Crippen LogP contribution is 2.22. The first-order valence-electron chi connectivity index (χ1n) is 6.33. The van der Waals surface area contributed by atoms with Crippen molar-refractivity contribution in [1.82, 2.24) is 5.32 Å². The highest BCUT2D eigenvalue weighted by molar-refractivity contribution is 5.96. The number of hydrogen-bond donors (Lipinski definition) is 2. The number of aliphatic hydroxyl groups excluding tert-OH is 1. The normalized spacial score (nSPS) is 21.6. The number of carbonyl (C=O) groups is 2. The summed E-state index contributed by atoms with van der Waals surface area (Å²) in [6.45, 7) is 3.51. The van der Waals surface area contributed by atoms with Crippen LogP contribution in [-0.2, 0) is 9.53 Å². The summed E-state index contributed by atoms with van der Waals surface area (Å²) < 4.78 is 10.1. The van der Waals surface area contributed by atoms with E-state index in [9.17, 15) is 14.7 Å². The Labute approximate surface area is 116 Å². The molecule has 0 radical (unpaired) electrons. The van der Waals surface area contributed by atoms with Gasteiger partial charge in [-0.15, -0.1) is 0 Å². The number of ether oxygens (including phenoxy) is 2. The van der Waals surface area contributed by atoms with E-state index in [1.807, 2.05) is 0 Å². The molecular weight excluding hydrogens is 262 g/mol. The first-order valence-corrected chi connectivity index (χ1v) is 6.33. The zero-order valence-corrected chi connectivity index (χ0v) is 11.4. The molecule has 1 aromatic rings. The van der Waals surface area contributed by atoms with Crippen LogP contribution in [0.4, 0.5) is 0 Å². The molecule has 0 saturated carbocycles. The monoisotopic (exact) mass is 279 g/mol. The second-order valence-electron chi connectivity index (χ2n) is 4.71. The van der Waals surface area contributed by atoms with Gasteiger partial charge < -0.3 is 19.9 Å². The van der Waals surface area contributed by atoms with E-state index in [1.54, 1.807) is 25.1 Å². The quantitative estimate of drug-likeness (QED) is 0.618. The number of aliphatic hydroxyl groups is 1. The van der Waals surface area contributed by atoms with Gasteiger partial charge in [-0.25, -0.2) is 0 Å². The summed E-state index contributed by atoms with van der Waals surface area (Å²) in [5.41, 5.74) is 0.983. The van der Waals surface area contributed by atoms with Gasteiger partial charge in [0.15, 0.2) is 0 Å². The third kappa shape index (κ3) is 3.15. The van der Waals surface area contributed by atoms with Crippen molar-refractivity contribution in [2.45, 2.75) is 26.0 Å². The van der Waals surface area contributed by atoms with Crippen molar-refractivity contribution in [3.63, 3.8) is 0 Å². The maximum atomic E-state index is 12.2. The first-order chi connectivity index (χ1) is 9.49. The van der Waals surface area contributed by atoms with Crippen LogP contribution in [0.3, 0.4) is 0 Å². The molecule has 6 heteroatoms. The van der Waals surface area contributed by atoms with Crippen molar-refractivity contribution in [2.24, 2.45) is 0 Å². The molecule has 108 valence electrons. The first kappa shape index (κ1) is 14.5. The standard InChI is InChI=1S/C14H17NO5/c1-8-10(4-3-5-13(8)20-9(2)16)14(18)15-11-6-19-7-12(11)17/h3-5,11-12,17H,6-7H2,1-2H3,(H,15,18)/t11-,12-/m0/s1. The second kappa shape index (κ2) is 6.02. The third-order valence-electron chi connectivity index (χ3n) is 3.15. The molecule has 1 fully saturated rings. The van der Waals surface area contributed by atoms with Gasteiger partial charge in [0, 0.05) is 18.1 Å². The van der Waals surface area contributed by atoms with Gasteiger partial charge >= 0.3 is 5.97 Å². The van der Waals surface area contributed by atoms with E-state index < -0.39 is 18.1 Å². The van der Waals surface area contributed by atoms with Crippen LogP contribution in [0.15, 0.2) is 18.2 Å². The Morgan fingerprint density at radius 3 is 2.75 bits per heavy atom. The highest BCUT2D eigenvalue weighted by Gasteiger charge is 2.28. The molecule has 1 aliphatic rings. The third-order valence-corrected chi connectivity index (χ3v) is 3.15. The molecule has 6 nitrogen and oxygen atoms in total. The van der Waals surface area contributed by atoms with Gasteiger partial charge in [0.05, 0.1) is 25.4 Å². The van der Waals surface area contributed by atoms with Crippen LogP contribution in [-0.4, -0.2) is 42.3 Å². The molecule has 2 N–H and O–H groups in total. The molecule has 1 heterocycles. The maximum Gasteiger partial charge on any atom is 0.308 e. The zero-order chi connectivity index (χ0) is 14.7. The van der Waals surface area contributed by atoms with Gasteiger partial charge in [0.2, 0.25) is 0 Å². The van der Waals surface area contributed by atoms with Crippen LogP contribution in [0.2, 0.25) is 0 Å². The Kier molecular flexibility index (Phi) is 4.36. The average Bonchev–Trinajstić information content (AvgIpc) is 2.77. The van der Waals surface area contributed by atoms with Gasteiger partial charge in [-0.05, 0) is 19.1 Å². The predicted octanol–water partition coefficient (Wildman–Crippen LogP) is 0.410. The van der Waals surface area contributed by atoms with E-state index in [1.165, 1.54) is 6.92 Å². The van der Waals surface area contributed by atoms with Gasteiger partial charge in [-0.1, -0.05) is 6.07 Å². The second-order valence-corrected chi connectivity index (χ2v) is 4.71. The number of esters is 1. The van der Waals surface area contributed by atoms with Gasteiger partial charge in [0.1, 0.15) is 5.75 Å². The lowest BCUT2D eigenvalue weighted by molar-refractivity contribution is -0.131. The van der Waals surface area contributed by atoms with E-state index in [4.69, 9.17) is 9.47 Å². The molecular formula is C14H17NO5. The predicted molar refractivity (Wildman–Crippen MR) is 70.6 cm³/mol. The fraction of sp³-hybridized carbons (Fsp3) is 0.429. The summed E-state index contributed by atoms with van der Waals surface area (Å²) in [6.07, 6.45) is -0.698. The summed E-state index contributed by atoms with van der Waals surface area (Å²) in [5, 5.41) is 12.3. The Hall–Kier alpha value is -1.92. The van der Waals surface area contributed by atoms with Crippen molar-refractivity contribution in [2.75, 3.05) is 13.2 Å². The minimum absolute atomic E-state index is 0.220. The molecule has 0 aromatic heterocycles. The number of hydrogen-bond acceptors (Lipinski definition) is 5. The Balaban J connectivity index is 2.15. The van der Waals surface area contributed by atoms with Crippen LogP contribution in [0, 0.1) is 6.92 Å². The summed E-state index contributed by atoms with van der Waals surface area (Å²) in [7, 11) is 0. The largest absolute Gasteiger partial charge is 0.426 e. The number of benzene rings is 1. The smallest absolute Gasteiger partial charge is 0.308 e. The van der Waals surface area contributed by atoms with E-state index in [0.717, 1.165) is 0 Å². The Morgan fingerprint density at radius 2 is 2.15 bits per heavy atom. The fourth-order valence-electron chi connectivity index (χ4n) is 2.05. The van der Waals surface area contributed by atoms with Crippen molar-refractivity contribution in [3.8, 4) is 5.75 Å². The number of carbonyl (C=O) groups excluding carboxylic acids is 2. The number of rotatable bonds is 3. The van der Waals surface area contributed by atoms with Crippen LogP contribution in [0.25, 0.3) is 0 Å². The topological polar surface area (TPSA) is 84.9 Å². The van der Waals surface area contributed by atoms with Crippen LogP contribution >= 0.6 is 0 Å². The lowest BCUT2D eigenvalue weighted by Gasteiger charge is -2.16. The van der Waals surface area contributed by atoms with Crippen molar-refractivity contribution in [3.05, 3.63) is 29.3 Å². The van der Waals surface area contributed by atoms with E-state index in [-0.39, 0.29) is 19.1 Å². The number of amides is 1. The molecule has 2 rings (SSSR count). The average molecular weight is 279 g/mol. The zero-order valence-electron chi connectivity index (χ0n) is 11.4. The Morgan fingerprint density at radius 1 is 1.40 bits per heavy atom. The van der Waals surface area contributed by atoms with Gasteiger partial charge in [-0.3, -0.25) is 9.59 Å². The summed E-state index contributed by atoms with van der Waals surface area (Å²) in [6, 6.07) is 4.49. The van der Waals surface area contributed by atoms with Crippen LogP contribution in [0.5, 0.6) is 5.75 Å². The Bertz CT molecular complexity index is 528. The fourth-order valence-corrected chi connectivity index (χ4v) is 2.05. The molecule has 1 saturated heterocycles. The molecule has 0 spiro atoms. The van der Waals surface area contributed by atoms with Crippen LogP contribution in [0.1, 0.15) is 22.8 Å². The molecule has 0 unspecified atom stereocenters.